The quantitative estimate of drug-likeness (QED) is 0.852. The first-order valence-electron chi connectivity index (χ1n) is 9.18. The largest absolute Gasteiger partial charge is 0.351 e. The molecule has 2 aliphatic rings. The number of aryl methyl sites for hydroxylation is 1. The third kappa shape index (κ3) is 3.46. The van der Waals surface area contributed by atoms with Gasteiger partial charge < -0.3 is 14.3 Å². The Kier molecular flexibility index (Phi) is 4.57. The van der Waals surface area contributed by atoms with Gasteiger partial charge in [-0.05, 0) is 45.3 Å². The first-order chi connectivity index (χ1) is 12.2. The molecule has 1 saturated heterocycles. The predicted molar refractivity (Wildman–Crippen MR) is 92.2 cm³/mol. The minimum Gasteiger partial charge on any atom is -0.351 e. The maximum Gasteiger partial charge on any atom is 0.292 e. The molecule has 0 N–H and O–H groups in total. The van der Waals surface area contributed by atoms with Crippen LogP contribution in [0.15, 0.2) is 22.9 Å². The number of carbonyl (C=O) groups is 1. The van der Waals surface area contributed by atoms with E-state index in [-0.39, 0.29) is 11.9 Å². The summed E-state index contributed by atoms with van der Waals surface area (Å²) in [6.45, 7) is 6.51. The van der Waals surface area contributed by atoms with Gasteiger partial charge in [-0.3, -0.25) is 9.48 Å². The molecule has 4 rings (SSSR count). The predicted octanol–water partition coefficient (Wildman–Crippen LogP) is 2.25. The van der Waals surface area contributed by atoms with Gasteiger partial charge in [-0.1, -0.05) is 11.6 Å². The van der Waals surface area contributed by atoms with Gasteiger partial charge in [0.05, 0.1) is 24.0 Å². The Balaban J connectivity index is 1.46. The number of hydrogen-bond acceptors (Lipinski definition) is 5. The molecule has 1 atom stereocenters. The van der Waals surface area contributed by atoms with Crippen LogP contribution in [0.4, 0.5) is 0 Å². The summed E-state index contributed by atoms with van der Waals surface area (Å²) >= 11 is 0. The zero-order chi connectivity index (χ0) is 17.2. The zero-order valence-electron chi connectivity index (χ0n) is 14.7. The molecule has 0 aromatic carbocycles. The maximum atomic E-state index is 12.7. The lowest BCUT2D eigenvalue weighted by atomic mass is 10.1. The number of aromatic nitrogens is 3. The summed E-state index contributed by atoms with van der Waals surface area (Å²) in [5.41, 5.74) is 1.81. The van der Waals surface area contributed by atoms with Crippen molar-refractivity contribution in [2.75, 3.05) is 26.2 Å². The molecule has 1 fully saturated rings. The fourth-order valence-electron chi connectivity index (χ4n) is 3.89. The molecule has 0 bridgehead atoms. The van der Waals surface area contributed by atoms with E-state index in [1.807, 2.05) is 24.1 Å². The summed E-state index contributed by atoms with van der Waals surface area (Å²) in [4.78, 5) is 17.1. The molecule has 4 heterocycles. The molecule has 2 aromatic heterocycles. The minimum absolute atomic E-state index is 0.0870. The minimum atomic E-state index is -0.0870. The van der Waals surface area contributed by atoms with E-state index in [1.54, 1.807) is 6.07 Å². The van der Waals surface area contributed by atoms with Gasteiger partial charge >= 0.3 is 0 Å². The molecule has 0 saturated carbocycles. The normalized spacial score (nSPS) is 21.3. The van der Waals surface area contributed by atoms with Gasteiger partial charge in [-0.25, -0.2) is 0 Å². The van der Waals surface area contributed by atoms with Crippen LogP contribution >= 0.6 is 0 Å². The van der Waals surface area contributed by atoms with Gasteiger partial charge in [0, 0.05) is 25.4 Å². The van der Waals surface area contributed by atoms with E-state index in [1.165, 1.54) is 32.4 Å². The molecule has 0 unspecified atom stereocenters. The van der Waals surface area contributed by atoms with Crippen LogP contribution in [0, 0.1) is 6.92 Å². The summed E-state index contributed by atoms with van der Waals surface area (Å²) in [5.74, 6) is 0.233. The molecular weight excluding hydrogens is 318 g/mol. The van der Waals surface area contributed by atoms with Gasteiger partial charge in [-0.15, -0.1) is 0 Å². The van der Waals surface area contributed by atoms with Crippen LogP contribution in [-0.2, 0) is 6.54 Å². The van der Waals surface area contributed by atoms with Crippen LogP contribution in [0.5, 0.6) is 0 Å². The number of piperidine rings is 1. The van der Waals surface area contributed by atoms with E-state index in [0.29, 0.717) is 18.8 Å². The highest BCUT2D eigenvalue weighted by molar-refractivity contribution is 5.91. The van der Waals surface area contributed by atoms with Crippen molar-refractivity contribution in [1.82, 2.24) is 24.7 Å². The van der Waals surface area contributed by atoms with E-state index in [2.05, 4.69) is 19.8 Å². The van der Waals surface area contributed by atoms with Crippen molar-refractivity contribution < 1.29 is 9.32 Å². The highest BCUT2D eigenvalue weighted by atomic mass is 16.5. The second-order valence-electron chi connectivity index (χ2n) is 7.13. The Bertz CT molecular complexity index is 731. The Labute approximate surface area is 147 Å². The van der Waals surface area contributed by atoms with Gasteiger partial charge in [0.15, 0.2) is 0 Å². The molecule has 0 spiro atoms. The van der Waals surface area contributed by atoms with Crippen LogP contribution in [0.3, 0.4) is 0 Å². The van der Waals surface area contributed by atoms with Crippen molar-refractivity contribution in [3.05, 3.63) is 35.5 Å². The maximum absolute atomic E-state index is 12.7. The third-order valence-electron chi connectivity index (χ3n) is 5.24. The van der Waals surface area contributed by atoms with E-state index in [4.69, 9.17) is 4.52 Å². The average molecular weight is 343 g/mol. The number of likely N-dealkylation sites (tertiary alicyclic amines) is 1. The van der Waals surface area contributed by atoms with Crippen LogP contribution in [0.25, 0.3) is 0 Å². The number of nitrogens with zero attached hydrogens (tertiary/aromatic N) is 5. The number of hydrogen-bond donors (Lipinski definition) is 0. The lowest BCUT2D eigenvalue weighted by molar-refractivity contribution is 0.0613. The highest BCUT2D eigenvalue weighted by Crippen LogP contribution is 2.25. The van der Waals surface area contributed by atoms with Crippen LogP contribution in [-0.4, -0.2) is 56.8 Å². The summed E-state index contributed by atoms with van der Waals surface area (Å²) < 4.78 is 7.26. The molecule has 7 nitrogen and oxygen atoms in total. The molecule has 2 aliphatic heterocycles. The summed E-state index contributed by atoms with van der Waals surface area (Å²) in [5, 5.41) is 8.33. The van der Waals surface area contributed by atoms with E-state index in [9.17, 15) is 4.79 Å². The van der Waals surface area contributed by atoms with Crippen LogP contribution in [0.2, 0.25) is 0 Å². The number of rotatable bonds is 4. The SMILES string of the molecule is Cc1cc(C(=O)N2Cc3ccnn3[C@H](CCN3CCCCC3)C2)on1. The number of fused-ring (bicyclic) bond motifs is 1. The molecule has 2 aromatic rings. The number of amides is 1. The first-order valence-corrected chi connectivity index (χ1v) is 9.18. The van der Waals surface area contributed by atoms with Gasteiger partial charge in [0.1, 0.15) is 0 Å². The second kappa shape index (κ2) is 7.00. The first kappa shape index (κ1) is 16.3. The summed E-state index contributed by atoms with van der Waals surface area (Å²) in [6, 6.07) is 3.92. The fraction of sp³-hybridized carbons (Fsp3) is 0.611. The molecule has 25 heavy (non-hydrogen) atoms. The molecule has 0 radical (unpaired) electrons. The van der Waals surface area contributed by atoms with Crippen LogP contribution in [0.1, 0.15) is 53.7 Å². The van der Waals surface area contributed by atoms with Gasteiger partial charge in [0.25, 0.3) is 5.91 Å². The standard InChI is InChI=1S/C18H25N5O2/c1-14-11-17(25-20-14)18(24)22-12-15-5-7-19-23(15)16(13-22)6-10-21-8-3-2-4-9-21/h5,7,11,16H,2-4,6,8-10,12-13H2,1H3/t16-/m1/s1. The Morgan fingerprint density at radius 1 is 1.32 bits per heavy atom. The van der Waals surface area contributed by atoms with E-state index in [0.717, 1.165) is 24.4 Å². The Morgan fingerprint density at radius 3 is 2.92 bits per heavy atom. The van der Waals surface area contributed by atoms with Crippen molar-refractivity contribution in [3.8, 4) is 0 Å². The van der Waals surface area contributed by atoms with Crippen molar-refractivity contribution in [2.45, 2.75) is 45.2 Å². The van der Waals surface area contributed by atoms with Crippen molar-refractivity contribution in [2.24, 2.45) is 0 Å². The van der Waals surface area contributed by atoms with E-state index < -0.39 is 0 Å². The fourth-order valence-corrected chi connectivity index (χ4v) is 3.89. The lowest BCUT2D eigenvalue weighted by Crippen LogP contribution is -2.42. The van der Waals surface area contributed by atoms with Gasteiger partial charge in [0.2, 0.25) is 5.76 Å². The second-order valence-corrected chi connectivity index (χ2v) is 7.13. The molecule has 0 aliphatic carbocycles. The van der Waals surface area contributed by atoms with E-state index >= 15 is 0 Å². The third-order valence-corrected chi connectivity index (χ3v) is 5.24. The van der Waals surface area contributed by atoms with Crippen molar-refractivity contribution >= 4 is 5.91 Å². The molecule has 7 heteroatoms. The molecule has 134 valence electrons. The number of carbonyl (C=O) groups excluding carboxylic acids is 1. The van der Waals surface area contributed by atoms with Crippen molar-refractivity contribution in [1.29, 1.82) is 0 Å². The Hall–Kier alpha value is -2.15. The summed E-state index contributed by atoms with van der Waals surface area (Å²) in [6.07, 6.45) is 6.78. The smallest absolute Gasteiger partial charge is 0.292 e. The molecular formula is C18H25N5O2. The van der Waals surface area contributed by atoms with Crippen molar-refractivity contribution in [3.63, 3.8) is 0 Å². The summed E-state index contributed by atoms with van der Waals surface area (Å²) in [7, 11) is 0. The zero-order valence-corrected chi connectivity index (χ0v) is 14.7. The highest BCUT2D eigenvalue weighted by Gasteiger charge is 2.30. The van der Waals surface area contributed by atoms with Crippen LogP contribution < -0.4 is 0 Å². The monoisotopic (exact) mass is 343 g/mol. The van der Waals surface area contributed by atoms with Gasteiger partial charge in [-0.2, -0.15) is 5.10 Å². The Morgan fingerprint density at radius 2 is 2.16 bits per heavy atom. The molecule has 1 amide bonds. The topological polar surface area (TPSA) is 67.4 Å². The average Bonchev–Trinajstić information content (AvgIpc) is 3.28. The lowest BCUT2D eigenvalue weighted by Gasteiger charge is -2.35.